The van der Waals surface area contributed by atoms with Gasteiger partial charge >= 0.3 is 5.97 Å². The Morgan fingerprint density at radius 2 is 2.03 bits per heavy atom. The first kappa shape index (κ1) is 20.0. The number of carboxylic acid groups (broad SMARTS) is 1. The van der Waals surface area contributed by atoms with Crippen LogP contribution >= 0.6 is 11.3 Å². The molecule has 1 N–H and O–H groups in total. The molecule has 3 aromatic rings. The van der Waals surface area contributed by atoms with Gasteiger partial charge in [-0.05, 0) is 66.5 Å². The van der Waals surface area contributed by atoms with E-state index in [-0.39, 0.29) is 5.41 Å². The third kappa shape index (κ3) is 3.91. The van der Waals surface area contributed by atoms with Gasteiger partial charge in [0.2, 0.25) is 0 Å². The highest BCUT2D eigenvalue weighted by atomic mass is 32.1. The maximum atomic E-state index is 12.3. The smallest absolute Gasteiger partial charge is 0.311 e. The van der Waals surface area contributed by atoms with Crippen molar-refractivity contribution >= 4 is 27.4 Å². The van der Waals surface area contributed by atoms with Gasteiger partial charge in [-0.15, -0.1) is 11.3 Å². The molecule has 1 atom stereocenters. The van der Waals surface area contributed by atoms with Crippen LogP contribution in [0.25, 0.3) is 21.2 Å². The SMILES string of the molecule is Cc1cccc2sc(C(CC(C)(C)C)C(=O)O)c(-c3ccc4c(c3)CCCO4)c12. The number of benzene rings is 2. The first-order chi connectivity index (χ1) is 13.7. The van der Waals surface area contributed by atoms with E-state index in [1.54, 1.807) is 11.3 Å². The molecule has 2 aromatic carbocycles. The van der Waals surface area contributed by atoms with Gasteiger partial charge in [0.15, 0.2) is 0 Å². The molecule has 0 radical (unpaired) electrons. The minimum Gasteiger partial charge on any atom is -0.493 e. The van der Waals surface area contributed by atoms with Crippen LogP contribution in [0.3, 0.4) is 0 Å². The topological polar surface area (TPSA) is 46.5 Å². The normalized spacial score (nSPS) is 15.0. The van der Waals surface area contributed by atoms with E-state index in [0.29, 0.717) is 6.42 Å². The molecule has 1 aromatic heterocycles. The average molecular weight is 409 g/mol. The van der Waals surface area contributed by atoms with Gasteiger partial charge < -0.3 is 9.84 Å². The van der Waals surface area contributed by atoms with Crippen molar-refractivity contribution in [2.45, 2.75) is 52.9 Å². The summed E-state index contributed by atoms with van der Waals surface area (Å²) in [5.74, 6) is -0.303. The second kappa shape index (κ2) is 7.49. The van der Waals surface area contributed by atoms with Gasteiger partial charge in [-0.2, -0.15) is 0 Å². The van der Waals surface area contributed by atoms with Crippen molar-refractivity contribution in [3.05, 3.63) is 52.4 Å². The first-order valence-electron chi connectivity index (χ1n) is 10.3. The number of thiophene rings is 1. The molecule has 0 saturated carbocycles. The summed E-state index contributed by atoms with van der Waals surface area (Å²) in [5, 5.41) is 11.3. The van der Waals surface area contributed by atoms with E-state index in [9.17, 15) is 9.90 Å². The van der Waals surface area contributed by atoms with Crippen molar-refractivity contribution in [1.29, 1.82) is 0 Å². The van der Waals surface area contributed by atoms with E-state index < -0.39 is 11.9 Å². The van der Waals surface area contributed by atoms with Crippen molar-refractivity contribution in [1.82, 2.24) is 0 Å². The number of hydrogen-bond acceptors (Lipinski definition) is 3. The Hall–Kier alpha value is -2.33. The number of carbonyl (C=O) groups is 1. The molecular weight excluding hydrogens is 380 g/mol. The van der Waals surface area contributed by atoms with Crippen LogP contribution in [0.4, 0.5) is 0 Å². The average Bonchev–Trinajstić information content (AvgIpc) is 3.05. The van der Waals surface area contributed by atoms with E-state index in [2.05, 4.69) is 64.1 Å². The lowest BCUT2D eigenvalue weighted by Crippen LogP contribution is -2.19. The number of carboxylic acids is 1. The second-order valence-corrected chi connectivity index (χ2v) is 10.3. The third-order valence-electron chi connectivity index (χ3n) is 5.58. The van der Waals surface area contributed by atoms with Gasteiger partial charge in [0, 0.05) is 20.5 Å². The van der Waals surface area contributed by atoms with Crippen LogP contribution in [-0.2, 0) is 11.2 Å². The lowest BCUT2D eigenvalue weighted by atomic mass is 9.82. The number of ether oxygens (including phenoxy) is 1. The second-order valence-electron chi connectivity index (χ2n) is 9.22. The fraction of sp³-hybridized carbons (Fsp3) is 0.400. The maximum absolute atomic E-state index is 12.3. The molecule has 2 heterocycles. The fourth-order valence-corrected chi connectivity index (χ4v) is 5.69. The number of hydrogen-bond donors (Lipinski definition) is 1. The standard InChI is InChI=1S/C25H28O3S/c1-15-7-5-9-20-21(15)22(17-10-11-19-16(13-17)8-6-12-28-19)23(29-20)18(24(26)27)14-25(2,3)4/h5,7,9-11,13,18H,6,8,12,14H2,1-4H3,(H,26,27). The van der Waals surface area contributed by atoms with Crippen molar-refractivity contribution in [2.24, 2.45) is 5.41 Å². The summed E-state index contributed by atoms with van der Waals surface area (Å²) < 4.78 is 6.95. The molecule has 0 spiro atoms. The minimum absolute atomic E-state index is 0.0742. The quantitative estimate of drug-likeness (QED) is 0.516. The molecule has 1 unspecified atom stereocenters. The molecule has 29 heavy (non-hydrogen) atoms. The summed E-state index contributed by atoms with van der Waals surface area (Å²) in [7, 11) is 0. The summed E-state index contributed by atoms with van der Waals surface area (Å²) in [6, 6.07) is 12.6. The first-order valence-corrected chi connectivity index (χ1v) is 11.1. The Morgan fingerprint density at radius 1 is 1.24 bits per heavy atom. The Balaban J connectivity index is 1.96. The zero-order valence-electron chi connectivity index (χ0n) is 17.5. The molecule has 0 amide bonds. The third-order valence-corrected chi connectivity index (χ3v) is 6.85. The van der Waals surface area contributed by atoms with Crippen molar-refractivity contribution in [2.75, 3.05) is 6.61 Å². The molecule has 152 valence electrons. The van der Waals surface area contributed by atoms with Gasteiger partial charge in [-0.3, -0.25) is 4.79 Å². The molecule has 1 aliphatic rings. The maximum Gasteiger partial charge on any atom is 0.311 e. The summed E-state index contributed by atoms with van der Waals surface area (Å²) in [5.41, 5.74) is 4.53. The Bertz CT molecular complexity index is 1070. The molecule has 4 rings (SSSR count). The number of aryl methyl sites for hydroxylation is 2. The number of rotatable bonds is 4. The van der Waals surface area contributed by atoms with E-state index in [4.69, 9.17) is 4.74 Å². The lowest BCUT2D eigenvalue weighted by molar-refractivity contribution is -0.139. The Labute approximate surface area is 176 Å². The zero-order chi connectivity index (χ0) is 20.8. The number of fused-ring (bicyclic) bond motifs is 2. The largest absolute Gasteiger partial charge is 0.493 e. The predicted octanol–water partition coefficient (Wildman–Crippen LogP) is 6.81. The molecule has 1 aliphatic heterocycles. The van der Waals surface area contributed by atoms with E-state index in [1.807, 2.05) is 0 Å². The minimum atomic E-state index is -0.744. The van der Waals surface area contributed by atoms with Gasteiger partial charge in [-0.1, -0.05) is 39.0 Å². The van der Waals surface area contributed by atoms with Crippen LogP contribution in [0.5, 0.6) is 5.75 Å². The molecular formula is C25H28O3S. The van der Waals surface area contributed by atoms with Gasteiger partial charge in [0.1, 0.15) is 5.75 Å². The highest BCUT2D eigenvalue weighted by Crippen LogP contribution is 2.47. The molecule has 0 aliphatic carbocycles. The van der Waals surface area contributed by atoms with Crippen LogP contribution in [0, 0.1) is 12.3 Å². The monoisotopic (exact) mass is 408 g/mol. The van der Waals surface area contributed by atoms with Crippen molar-refractivity contribution < 1.29 is 14.6 Å². The Morgan fingerprint density at radius 3 is 2.76 bits per heavy atom. The van der Waals surface area contributed by atoms with Crippen LogP contribution in [-0.4, -0.2) is 17.7 Å². The van der Waals surface area contributed by atoms with E-state index in [1.165, 1.54) is 16.5 Å². The molecule has 3 nitrogen and oxygen atoms in total. The summed E-state index contributed by atoms with van der Waals surface area (Å²) >= 11 is 1.64. The van der Waals surface area contributed by atoms with Gasteiger partial charge in [0.05, 0.1) is 12.5 Å². The van der Waals surface area contributed by atoms with Crippen LogP contribution in [0.2, 0.25) is 0 Å². The summed E-state index contributed by atoms with van der Waals surface area (Å²) in [4.78, 5) is 13.3. The number of aliphatic carboxylic acids is 1. The highest BCUT2D eigenvalue weighted by Gasteiger charge is 2.31. The predicted molar refractivity (Wildman–Crippen MR) is 120 cm³/mol. The fourth-order valence-electron chi connectivity index (χ4n) is 4.29. The van der Waals surface area contributed by atoms with Crippen LogP contribution in [0.15, 0.2) is 36.4 Å². The zero-order valence-corrected chi connectivity index (χ0v) is 18.4. The van der Waals surface area contributed by atoms with Gasteiger partial charge in [-0.25, -0.2) is 0 Å². The lowest BCUT2D eigenvalue weighted by Gasteiger charge is -2.24. The van der Waals surface area contributed by atoms with Crippen LogP contribution < -0.4 is 4.74 Å². The molecule has 0 fully saturated rings. The van der Waals surface area contributed by atoms with E-state index >= 15 is 0 Å². The highest BCUT2D eigenvalue weighted by molar-refractivity contribution is 7.20. The van der Waals surface area contributed by atoms with Crippen LogP contribution in [0.1, 0.15) is 55.5 Å². The Kier molecular flexibility index (Phi) is 5.16. The van der Waals surface area contributed by atoms with E-state index in [0.717, 1.165) is 45.9 Å². The van der Waals surface area contributed by atoms with Crippen molar-refractivity contribution in [3.63, 3.8) is 0 Å². The summed E-state index contributed by atoms with van der Waals surface area (Å²) in [6.07, 6.45) is 2.63. The summed E-state index contributed by atoms with van der Waals surface area (Å²) in [6.45, 7) is 9.21. The molecule has 4 heteroatoms. The van der Waals surface area contributed by atoms with Gasteiger partial charge in [0.25, 0.3) is 0 Å². The molecule has 0 saturated heterocycles. The molecule has 0 bridgehead atoms. The van der Waals surface area contributed by atoms with Crippen molar-refractivity contribution in [3.8, 4) is 16.9 Å².